The Labute approximate surface area is 189 Å². The minimum absolute atomic E-state index is 0.185. The van der Waals surface area contributed by atoms with Crippen molar-refractivity contribution in [1.29, 1.82) is 0 Å². The van der Waals surface area contributed by atoms with Gasteiger partial charge in [-0.1, -0.05) is 83.5 Å². The monoisotopic (exact) mass is 475 g/mol. The summed E-state index contributed by atoms with van der Waals surface area (Å²) in [7, 11) is 0. The SMILES string of the molecule is CC[C@H](OC(=O)C1=c2ccccc2=N[C@H](c2ccc(Br)cc2)C1)C(=O)c1ccccc1. The van der Waals surface area contributed by atoms with Crippen LogP contribution in [0.25, 0.3) is 5.57 Å². The molecule has 0 bridgehead atoms. The lowest BCUT2D eigenvalue weighted by atomic mass is 9.95. The van der Waals surface area contributed by atoms with Crippen LogP contribution in [0.2, 0.25) is 0 Å². The summed E-state index contributed by atoms with van der Waals surface area (Å²) in [5, 5.41) is 1.53. The highest BCUT2D eigenvalue weighted by Crippen LogP contribution is 2.28. The molecule has 156 valence electrons. The molecule has 0 amide bonds. The highest BCUT2D eigenvalue weighted by Gasteiger charge is 2.28. The van der Waals surface area contributed by atoms with Gasteiger partial charge in [0.1, 0.15) is 0 Å². The Morgan fingerprint density at radius 2 is 1.68 bits per heavy atom. The predicted molar refractivity (Wildman–Crippen MR) is 123 cm³/mol. The summed E-state index contributed by atoms with van der Waals surface area (Å²) in [6.07, 6.45) is 0.0158. The van der Waals surface area contributed by atoms with Crippen molar-refractivity contribution in [2.24, 2.45) is 4.99 Å². The Kier molecular flexibility index (Phi) is 6.42. The van der Waals surface area contributed by atoms with E-state index in [1.807, 2.05) is 61.5 Å². The van der Waals surface area contributed by atoms with Gasteiger partial charge in [0.15, 0.2) is 6.10 Å². The largest absolute Gasteiger partial charge is 0.451 e. The third-order valence-corrected chi connectivity index (χ3v) is 5.92. The molecule has 0 spiro atoms. The number of Topliss-reactive ketones (excluding diaryl/α,β-unsaturated/α-hetero) is 1. The number of nitrogens with zero attached hydrogens (tertiary/aromatic N) is 1. The molecule has 0 aliphatic carbocycles. The number of ketones is 1. The van der Waals surface area contributed by atoms with Crippen molar-refractivity contribution >= 4 is 33.3 Å². The molecular formula is C26H22BrNO3. The number of para-hydroxylation sites is 1. The summed E-state index contributed by atoms with van der Waals surface area (Å²) < 4.78 is 6.73. The van der Waals surface area contributed by atoms with Crippen molar-refractivity contribution in [3.63, 3.8) is 0 Å². The fourth-order valence-electron chi connectivity index (χ4n) is 3.74. The van der Waals surface area contributed by atoms with Crippen molar-refractivity contribution in [2.75, 3.05) is 0 Å². The maximum atomic E-state index is 13.2. The number of halogens is 1. The molecule has 0 N–H and O–H groups in total. The fourth-order valence-corrected chi connectivity index (χ4v) is 4.00. The topological polar surface area (TPSA) is 55.7 Å². The fraction of sp³-hybridized carbons (Fsp3) is 0.192. The van der Waals surface area contributed by atoms with E-state index < -0.39 is 12.1 Å². The summed E-state index contributed by atoms with van der Waals surface area (Å²) in [6, 6.07) is 24.3. The lowest BCUT2D eigenvalue weighted by molar-refractivity contribution is -0.140. The van der Waals surface area contributed by atoms with Gasteiger partial charge in [0.2, 0.25) is 5.78 Å². The summed E-state index contributed by atoms with van der Waals surface area (Å²) in [5.41, 5.74) is 2.12. The molecule has 0 fully saturated rings. The number of carbonyl (C=O) groups is 2. The minimum Gasteiger partial charge on any atom is -0.451 e. The number of esters is 1. The van der Waals surface area contributed by atoms with Crippen LogP contribution in [0.3, 0.4) is 0 Å². The molecule has 0 saturated heterocycles. The zero-order chi connectivity index (χ0) is 21.8. The zero-order valence-electron chi connectivity index (χ0n) is 17.1. The number of hydrogen-bond donors (Lipinski definition) is 0. The second-order valence-electron chi connectivity index (χ2n) is 7.43. The van der Waals surface area contributed by atoms with Gasteiger partial charge in [-0.3, -0.25) is 9.79 Å². The molecule has 1 aliphatic rings. The van der Waals surface area contributed by atoms with Gasteiger partial charge in [-0.2, -0.15) is 0 Å². The van der Waals surface area contributed by atoms with Gasteiger partial charge in [0.05, 0.1) is 11.4 Å². The Balaban J connectivity index is 1.65. The van der Waals surface area contributed by atoms with Crippen LogP contribution in [-0.4, -0.2) is 17.9 Å². The van der Waals surface area contributed by atoms with E-state index in [4.69, 9.17) is 9.73 Å². The molecule has 3 aromatic carbocycles. The number of benzene rings is 3. The van der Waals surface area contributed by atoms with E-state index in [1.165, 1.54) is 0 Å². The normalized spacial score (nSPS) is 16.1. The molecule has 1 heterocycles. The summed E-state index contributed by atoms with van der Waals surface area (Å²) in [4.78, 5) is 30.9. The number of hydrogen-bond acceptors (Lipinski definition) is 4. The molecule has 0 radical (unpaired) electrons. The van der Waals surface area contributed by atoms with Gasteiger partial charge in [-0.05, 0) is 30.2 Å². The average Bonchev–Trinajstić information content (AvgIpc) is 2.82. The van der Waals surface area contributed by atoms with Crippen LogP contribution in [0.15, 0.2) is 88.3 Å². The van der Waals surface area contributed by atoms with Gasteiger partial charge in [0, 0.05) is 27.2 Å². The van der Waals surface area contributed by atoms with E-state index in [0.29, 0.717) is 24.0 Å². The smallest absolute Gasteiger partial charge is 0.335 e. The van der Waals surface area contributed by atoms with Crippen molar-refractivity contribution in [3.05, 3.63) is 105 Å². The van der Waals surface area contributed by atoms with E-state index in [2.05, 4.69) is 15.9 Å². The van der Waals surface area contributed by atoms with Crippen LogP contribution < -0.4 is 10.6 Å². The zero-order valence-corrected chi connectivity index (χ0v) is 18.7. The highest BCUT2D eigenvalue weighted by molar-refractivity contribution is 9.10. The van der Waals surface area contributed by atoms with E-state index in [0.717, 1.165) is 20.6 Å². The summed E-state index contributed by atoms with van der Waals surface area (Å²) in [6.45, 7) is 1.85. The van der Waals surface area contributed by atoms with E-state index >= 15 is 0 Å². The van der Waals surface area contributed by atoms with Crippen molar-refractivity contribution in [3.8, 4) is 0 Å². The molecule has 0 unspecified atom stereocenters. The molecule has 1 aliphatic heterocycles. The maximum Gasteiger partial charge on any atom is 0.335 e. The Morgan fingerprint density at radius 3 is 2.39 bits per heavy atom. The molecule has 5 heteroatoms. The van der Waals surface area contributed by atoms with Crippen LogP contribution in [0.4, 0.5) is 0 Å². The molecule has 4 nitrogen and oxygen atoms in total. The van der Waals surface area contributed by atoms with Crippen LogP contribution >= 0.6 is 15.9 Å². The Bertz CT molecular complexity index is 1220. The minimum atomic E-state index is -0.820. The van der Waals surface area contributed by atoms with E-state index in [9.17, 15) is 9.59 Å². The lowest BCUT2D eigenvalue weighted by Gasteiger charge is -2.21. The van der Waals surface area contributed by atoms with Crippen molar-refractivity contribution in [1.82, 2.24) is 0 Å². The first-order chi connectivity index (χ1) is 15.1. The lowest BCUT2D eigenvalue weighted by Crippen LogP contribution is -2.36. The van der Waals surface area contributed by atoms with Gasteiger partial charge in [-0.15, -0.1) is 0 Å². The Hall–Kier alpha value is -3.05. The quantitative estimate of drug-likeness (QED) is 0.387. The molecule has 0 saturated carbocycles. The van der Waals surface area contributed by atoms with E-state index in [-0.39, 0.29) is 11.8 Å². The average molecular weight is 476 g/mol. The van der Waals surface area contributed by atoms with Gasteiger partial charge < -0.3 is 4.74 Å². The second-order valence-corrected chi connectivity index (χ2v) is 8.34. The number of ether oxygens (including phenoxy) is 1. The third-order valence-electron chi connectivity index (χ3n) is 5.39. The van der Waals surface area contributed by atoms with Crippen molar-refractivity contribution < 1.29 is 14.3 Å². The summed E-state index contributed by atoms with van der Waals surface area (Å²) >= 11 is 3.46. The first kappa shape index (κ1) is 21.2. The van der Waals surface area contributed by atoms with Gasteiger partial charge >= 0.3 is 5.97 Å². The van der Waals surface area contributed by atoms with Crippen LogP contribution in [0.5, 0.6) is 0 Å². The van der Waals surface area contributed by atoms with Gasteiger partial charge in [-0.25, -0.2) is 4.79 Å². The molecular weight excluding hydrogens is 454 g/mol. The van der Waals surface area contributed by atoms with Crippen LogP contribution in [-0.2, 0) is 9.53 Å². The molecule has 0 aromatic heterocycles. The van der Waals surface area contributed by atoms with Crippen molar-refractivity contribution in [2.45, 2.75) is 31.9 Å². The second kappa shape index (κ2) is 9.40. The first-order valence-electron chi connectivity index (χ1n) is 10.3. The number of fused-ring (bicyclic) bond motifs is 1. The maximum absolute atomic E-state index is 13.2. The van der Waals surface area contributed by atoms with Crippen LogP contribution in [0.1, 0.15) is 41.7 Å². The number of carbonyl (C=O) groups excluding carboxylic acids is 2. The first-order valence-corrected chi connectivity index (χ1v) is 11.1. The summed E-state index contributed by atoms with van der Waals surface area (Å²) in [5.74, 6) is -0.643. The van der Waals surface area contributed by atoms with Gasteiger partial charge in [0.25, 0.3) is 0 Å². The Morgan fingerprint density at radius 1 is 1.00 bits per heavy atom. The van der Waals surface area contributed by atoms with Crippen LogP contribution in [0, 0.1) is 0 Å². The number of rotatable bonds is 6. The molecule has 4 rings (SSSR count). The molecule has 2 atom stereocenters. The predicted octanol–water partition coefficient (Wildman–Crippen LogP) is 4.57. The van der Waals surface area contributed by atoms with E-state index in [1.54, 1.807) is 24.3 Å². The standard InChI is InChI=1S/C26H22BrNO3/c1-2-24(25(29)18-8-4-3-5-9-18)31-26(30)21-16-23(17-12-14-19(27)15-13-17)28-22-11-7-6-10-20(21)22/h3-15,23-24H,2,16H2,1H3/t23-,24-/m0/s1. The highest BCUT2D eigenvalue weighted by atomic mass is 79.9. The molecule has 31 heavy (non-hydrogen) atoms. The molecule has 3 aromatic rings. The third kappa shape index (κ3) is 4.67.